The van der Waals surface area contributed by atoms with E-state index in [1.165, 1.54) is 0 Å². The zero-order valence-corrected chi connectivity index (χ0v) is 55.2. The molecule has 2 aliphatic heterocycles. The molecule has 95 heavy (non-hydrogen) atoms. The maximum absolute atomic E-state index is 14.6. The molecular weight excluding hydrogens is 1290 g/mol. The van der Waals surface area contributed by atoms with Crippen LogP contribution in [0.4, 0.5) is 0 Å². The summed E-state index contributed by atoms with van der Waals surface area (Å²) in [4.78, 5) is 215. The number of nitrogens with one attached hydrogen (secondary N) is 10. The third-order valence-corrected chi connectivity index (χ3v) is 17.0. The molecule has 3 rings (SSSR count). The average Bonchev–Trinajstić information content (AvgIpc) is 1.80. The predicted octanol–water partition coefficient (Wildman–Crippen LogP) is -3.99. The van der Waals surface area contributed by atoms with Gasteiger partial charge in [0.2, 0.25) is 70.9 Å². The molecular formula is C59H89N13O21S2. The second kappa shape index (κ2) is 39.9. The maximum Gasteiger partial charge on any atom is 0.326 e. The topological polar surface area (TPSA) is 550 Å². The summed E-state index contributed by atoms with van der Waals surface area (Å²) in [6.07, 6.45) is -5.85. The Morgan fingerprint density at radius 1 is 0.642 bits per heavy atom. The summed E-state index contributed by atoms with van der Waals surface area (Å²) in [5.74, 6) is -19.5. The number of aliphatic carboxylic acids is 4. The fourth-order valence-corrected chi connectivity index (χ4v) is 12.0. The van der Waals surface area contributed by atoms with E-state index in [4.69, 9.17) is 11.5 Å². The van der Waals surface area contributed by atoms with Gasteiger partial charge in [0.1, 0.15) is 60.4 Å². The molecule has 1 aromatic carbocycles. The Kier molecular flexibility index (Phi) is 33.9. The second-order valence-corrected chi connectivity index (χ2v) is 25.9. The van der Waals surface area contributed by atoms with Gasteiger partial charge in [0.25, 0.3) is 0 Å². The van der Waals surface area contributed by atoms with Crippen LogP contribution in [0.3, 0.4) is 0 Å². The summed E-state index contributed by atoms with van der Waals surface area (Å²) in [5.41, 5.74) is 12.7. The summed E-state index contributed by atoms with van der Waals surface area (Å²) in [6.45, 7) is 8.25. The van der Waals surface area contributed by atoms with Gasteiger partial charge in [-0.1, -0.05) is 52.0 Å². The number of carbonyl (C=O) groups is 16. The van der Waals surface area contributed by atoms with Gasteiger partial charge in [0.15, 0.2) is 0 Å². The van der Waals surface area contributed by atoms with Crippen molar-refractivity contribution in [2.24, 2.45) is 23.3 Å². The maximum atomic E-state index is 14.6. The lowest BCUT2D eigenvalue weighted by Crippen LogP contribution is -2.61. The molecule has 0 radical (unpaired) electrons. The van der Waals surface area contributed by atoms with E-state index >= 15 is 0 Å². The number of primary amides is 1. The van der Waals surface area contributed by atoms with Crippen molar-refractivity contribution in [2.45, 2.75) is 196 Å². The van der Waals surface area contributed by atoms with Crippen molar-refractivity contribution in [3.8, 4) is 0 Å². The van der Waals surface area contributed by atoms with Crippen molar-refractivity contribution in [1.29, 1.82) is 0 Å². The number of amides is 12. The summed E-state index contributed by atoms with van der Waals surface area (Å²) in [7, 11) is 0. The number of rotatable bonds is 24. The van der Waals surface area contributed by atoms with Crippen LogP contribution < -0.4 is 64.6 Å². The Morgan fingerprint density at radius 3 is 1.75 bits per heavy atom. The van der Waals surface area contributed by atoms with E-state index in [1.54, 1.807) is 52.0 Å². The highest BCUT2D eigenvalue weighted by molar-refractivity contribution is 7.99. The first-order valence-electron chi connectivity index (χ1n) is 30.7. The summed E-state index contributed by atoms with van der Waals surface area (Å²) >= 11 is 2.10. The molecule has 0 unspecified atom stereocenters. The average molecular weight is 1380 g/mol. The Labute approximate surface area is 556 Å². The molecule has 0 spiro atoms. The minimum Gasteiger partial charge on any atom is -0.481 e. The van der Waals surface area contributed by atoms with Gasteiger partial charge in [-0.05, 0) is 81.8 Å². The predicted molar refractivity (Wildman–Crippen MR) is 340 cm³/mol. The Balaban J connectivity index is 2.23. The molecule has 1 saturated heterocycles. The van der Waals surface area contributed by atoms with Gasteiger partial charge in [-0.3, -0.25) is 71.9 Å². The molecule has 0 aromatic heterocycles. The Hall–Kier alpha value is -8.64. The number of likely N-dealkylation sites (tertiary alicyclic amines) is 1. The van der Waals surface area contributed by atoms with Gasteiger partial charge in [0.05, 0.1) is 25.1 Å². The van der Waals surface area contributed by atoms with Crippen molar-refractivity contribution in [1.82, 2.24) is 58.1 Å². The molecule has 2 heterocycles. The largest absolute Gasteiger partial charge is 0.481 e. The van der Waals surface area contributed by atoms with Crippen LogP contribution in [0.2, 0.25) is 0 Å². The van der Waals surface area contributed by atoms with Crippen LogP contribution in [0, 0.1) is 11.8 Å². The summed E-state index contributed by atoms with van der Waals surface area (Å²) in [6, 6.07) is -11.0. The van der Waals surface area contributed by atoms with Gasteiger partial charge < -0.3 is 95.1 Å². The first-order chi connectivity index (χ1) is 44.6. The van der Waals surface area contributed by atoms with Crippen LogP contribution in [-0.4, -0.2) is 222 Å². The highest BCUT2D eigenvalue weighted by atomic mass is 32.2. The molecule has 36 heteroatoms. The fourth-order valence-electron chi connectivity index (χ4n) is 9.81. The standard InChI is InChI=1S/C59H89N13O21S2/c1-28(2)20-34(60)50(83)66-36(13-16-43(61)74)52(85)70-40-26-94-24-32-10-7-8-11-33(32)25-95-27-41(56(89)68-39(21-29(3)4)58(91)72-19-9-12-42(72)59(92)93)69-51(84)35(14-17-45(76)77)64-44(75)23-62-57(90)48(31(6)73)71-53(86)37(15-18-46(78)79)65-49(82)30(5)63-54(87)38(22-47(80)81)67-55(40)88/h7-8,10-11,28-31,34-42,48,73H,9,12-27,60H2,1-6H3,(H2,61,74)(H,62,90)(H,63,87)(H,64,75)(H,65,82)(H,66,83)(H,67,88)(H,68,89)(H,69,84)(H,70,85)(H,71,86)(H,76,77)(H,78,79)(H,80,81)(H,92,93)/t30-,31-,34-,35-,36-,37-,38-,39-,40-,41-,42-,48-/m0/s1. The van der Waals surface area contributed by atoms with E-state index in [9.17, 15) is 102 Å². The lowest BCUT2D eigenvalue weighted by molar-refractivity contribution is -0.149. The number of fused-ring (bicyclic) bond motifs is 1. The molecule has 34 nitrogen and oxygen atoms in total. The quantitative estimate of drug-likeness (QED) is 0.0469. The number of carbonyl (C=O) groups excluding carboxylic acids is 12. The number of nitrogens with two attached hydrogens (primary N) is 2. The molecule has 1 aromatic rings. The lowest BCUT2D eigenvalue weighted by Gasteiger charge is -2.30. The second-order valence-electron chi connectivity index (χ2n) is 23.8. The van der Waals surface area contributed by atoms with Gasteiger partial charge in [-0.15, -0.1) is 0 Å². The Bertz CT molecular complexity index is 2960. The molecule has 0 saturated carbocycles. The van der Waals surface area contributed by atoms with Crippen molar-refractivity contribution >= 4 is 118 Å². The molecule has 2 aliphatic rings. The van der Waals surface area contributed by atoms with Crippen LogP contribution in [0.1, 0.15) is 123 Å². The van der Waals surface area contributed by atoms with Crippen molar-refractivity contribution in [2.75, 3.05) is 24.6 Å². The third-order valence-electron chi connectivity index (χ3n) is 14.8. The normalized spacial score (nSPS) is 23.2. The highest BCUT2D eigenvalue weighted by Crippen LogP contribution is 2.24. The number of aliphatic hydroxyl groups excluding tert-OH is 1. The number of carboxylic acid groups (broad SMARTS) is 4. The van der Waals surface area contributed by atoms with Crippen LogP contribution in [0.5, 0.6) is 0 Å². The molecule has 528 valence electrons. The van der Waals surface area contributed by atoms with Gasteiger partial charge in [-0.25, -0.2) is 4.79 Å². The number of benzene rings is 1. The van der Waals surface area contributed by atoms with Crippen LogP contribution >= 0.6 is 23.5 Å². The highest BCUT2D eigenvalue weighted by Gasteiger charge is 2.40. The van der Waals surface area contributed by atoms with Gasteiger partial charge >= 0.3 is 23.9 Å². The van der Waals surface area contributed by atoms with Crippen LogP contribution in [0.15, 0.2) is 24.3 Å². The lowest BCUT2D eigenvalue weighted by atomic mass is 10.0. The number of nitrogens with zero attached hydrogens (tertiary/aromatic N) is 1. The first kappa shape index (κ1) is 80.6. The third kappa shape index (κ3) is 28.5. The first-order valence-corrected chi connectivity index (χ1v) is 33.0. The SMILES string of the molecule is CC(C)C[C@H](NC(=O)[C@@H]1CSCc2ccccc2CSC[C@H](NC(=O)[C@H](CCC(N)=O)NC(=O)[C@@H](N)CC(C)C)C(=O)N[C@@H](CC(=O)O)C(=O)N[C@@H](C)C(=O)N[C@@H](CCC(=O)O)C(=O)N[C@@H]([C@H](C)O)C(=O)NCC(=O)N[C@@H](CCC(=O)O)C(=O)N1)C(=O)N1CCC[C@H]1C(=O)O. The fraction of sp³-hybridized carbons (Fsp3) is 0.627. The van der Waals surface area contributed by atoms with Gasteiger partial charge in [-0.2, -0.15) is 23.5 Å². The monoisotopic (exact) mass is 1380 g/mol. The smallest absolute Gasteiger partial charge is 0.326 e. The van der Waals surface area contributed by atoms with E-state index in [1.807, 2.05) is 0 Å². The number of thioether (sulfide) groups is 2. The molecule has 19 N–H and O–H groups in total. The summed E-state index contributed by atoms with van der Waals surface area (Å²) < 4.78 is 0. The number of hydrogen-bond acceptors (Lipinski definition) is 20. The molecule has 12 atom stereocenters. The minimum absolute atomic E-state index is 0.0139. The van der Waals surface area contributed by atoms with Gasteiger partial charge in [0, 0.05) is 48.8 Å². The number of aliphatic hydroxyl groups is 1. The molecule has 0 aliphatic carbocycles. The van der Waals surface area contributed by atoms with Crippen molar-refractivity contribution < 1.29 is 102 Å². The van der Waals surface area contributed by atoms with E-state index in [-0.39, 0.29) is 67.1 Å². The van der Waals surface area contributed by atoms with E-state index < -0.39 is 212 Å². The zero-order chi connectivity index (χ0) is 71.4. The number of carboxylic acids is 4. The molecule has 12 amide bonds. The zero-order valence-electron chi connectivity index (χ0n) is 53.6. The Morgan fingerprint density at radius 2 is 1.20 bits per heavy atom. The number of hydrogen-bond donors (Lipinski definition) is 17. The van der Waals surface area contributed by atoms with Crippen LogP contribution in [0.25, 0.3) is 0 Å². The van der Waals surface area contributed by atoms with E-state index in [2.05, 4.69) is 53.2 Å². The minimum atomic E-state index is -2.02. The molecule has 0 bridgehead atoms. The van der Waals surface area contributed by atoms with Crippen molar-refractivity contribution in [3.05, 3.63) is 35.4 Å². The van der Waals surface area contributed by atoms with E-state index in [0.717, 1.165) is 42.3 Å². The van der Waals surface area contributed by atoms with Crippen LogP contribution in [-0.2, 0) is 88.2 Å². The summed E-state index contributed by atoms with van der Waals surface area (Å²) in [5, 5.41) is 73.3. The van der Waals surface area contributed by atoms with E-state index in [0.29, 0.717) is 17.5 Å². The van der Waals surface area contributed by atoms with Crippen molar-refractivity contribution in [3.63, 3.8) is 0 Å². The molecule has 1 fully saturated rings.